The molecule has 0 rings (SSSR count). The van der Waals surface area contributed by atoms with E-state index in [-0.39, 0.29) is 0 Å². The van der Waals surface area contributed by atoms with Crippen molar-refractivity contribution in [2.75, 3.05) is 0 Å². The molecule has 0 aromatic rings. The van der Waals surface area contributed by atoms with Crippen LogP contribution in [0.15, 0.2) is 0 Å². The van der Waals surface area contributed by atoms with Crippen molar-refractivity contribution in [2.24, 2.45) is 0 Å². The molecular formula is C4H6N2Si. The first-order valence-electron chi connectivity index (χ1n) is 1.95. The van der Waals surface area contributed by atoms with Gasteiger partial charge in [-0.25, -0.2) is 10.5 Å². The molecule has 0 heterocycles. The molecule has 0 N–H and O–H groups in total. The molecule has 7 heavy (non-hydrogen) atoms. The van der Waals surface area contributed by atoms with Gasteiger partial charge in [0.25, 0.3) is 8.07 Å². The minimum atomic E-state index is -2.04. The topological polar surface area (TPSA) is 47.6 Å². The van der Waals surface area contributed by atoms with Crippen molar-refractivity contribution >= 4 is 8.07 Å². The quantitative estimate of drug-likeness (QED) is 0.433. The molecule has 0 spiro atoms. The van der Waals surface area contributed by atoms with Gasteiger partial charge in [-0.2, -0.15) is 0 Å². The molecule has 0 aliphatic carbocycles. The van der Waals surface area contributed by atoms with Crippen molar-refractivity contribution in [2.45, 2.75) is 13.1 Å². The second-order valence-electron chi connectivity index (χ2n) is 1.85. The van der Waals surface area contributed by atoms with Crippen molar-refractivity contribution in [3.8, 4) is 11.4 Å². The Kier molecular flexibility index (Phi) is 1.56. The number of nitrogens with zero attached hydrogens (tertiary/aromatic N) is 2. The molecule has 2 nitrogen and oxygen atoms in total. The van der Waals surface area contributed by atoms with Crippen LogP contribution in [0.1, 0.15) is 0 Å². The van der Waals surface area contributed by atoms with Gasteiger partial charge in [-0.05, 0) is 13.1 Å². The van der Waals surface area contributed by atoms with E-state index in [9.17, 15) is 0 Å². The lowest BCUT2D eigenvalue weighted by molar-refractivity contribution is 1.52. The summed E-state index contributed by atoms with van der Waals surface area (Å²) >= 11 is 0. The molecule has 0 atom stereocenters. The van der Waals surface area contributed by atoms with E-state index in [4.69, 9.17) is 10.5 Å². The highest BCUT2D eigenvalue weighted by atomic mass is 28.3. The fraction of sp³-hybridized carbons (Fsp3) is 0.500. The van der Waals surface area contributed by atoms with E-state index >= 15 is 0 Å². The monoisotopic (exact) mass is 110 g/mol. The van der Waals surface area contributed by atoms with Crippen LogP contribution in [-0.4, -0.2) is 8.07 Å². The molecule has 0 aliphatic rings. The third-order valence-electron chi connectivity index (χ3n) is 0.559. The van der Waals surface area contributed by atoms with E-state index in [1.54, 1.807) is 13.1 Å². The summed E-state index contributed by atoms with van der Waals surface area (Å²) in [6, 6.07) is 0. The predicted molar refractivity (Wildman–Crippen MR) is 28.7 cm³/mol. The van der Waals surface area contributed by atoms with Crippen LogP contribution < -0.4 is 0 Å². The minimum Gasteiger partial charge on any atom is -0.205 e. The SMILES string of the molecule is C[Si](C)(C#N)C#N. The highest BCUT2D eigenvalue weighted by Gasteiger charge is 2.18. The molecule has 0 saturated carbocycles. The van der Waals surface area contributed by atoms with Gasteiger partial charge in [0.05, 0.1) is 0 Å². The van der Waals surface area contributed by atoms with Crippen LogP contribution in [-0.2, 0) is 0 Å². The van der Waals surface area contributed by atoms with Crippen molar-refractivity contribution < 1.29 is 0 Å². The Morgan fingerprint density at radius 1 is 1.14 bits per heavy atom. The van der Waals surface area contributed by atoms with Crippen LogP contribution >= 0.6 is 0 Å². The van der Waals surface area contributed by atoms with E-state index in [2.05, 4.69) is 0 Å². The van der Waals surface area contributed by atoms with Crippen molar-refractivity contribution in [1.29, 1.82) is 10.5 Å². The summed E-state index contributed by atoms with van der Waals surface area (Å²) in [5, 5.41) is 16.4. The Labute approximate surface area is 44.0 Å². The summed E-state index contributed by atoms with van der Waals surface area (Å²) in [7, 11) is -2.04. The lowest BCUT2D eigenvalue weighted by Gasteiger charge is -1.92. The summed E-state index contributed by atoms with van der Waals surface area (Å²) in [4.78, 5) is 0. The maximum atomic E-state index is 8.18. The lowest BCUT2D eigenvalue weighted by Crippen LogP contribution is -2.19. The Hall–Kier alpha value is -0.803. The maximum Gasteiger partial charge on any atom is 0.280 e. The zero-order valence-corrected chi connectivity index (χ0v) is 5.39. The fourth-order valence-corrected chi connectivity index (χ4v) is 0.0750. The molecule has 0 aromatic carbocycles. The van der Waals surface area contributed by atoms with E-state index in [0.29, 0.717) is 0 Å². The van der Waals surface area contributed by atoms with Gasteiger partial charge in [0.15, 0.2) is 0 Å². The van der Waals surface area contributed by atoms with Gasteiger partial charge < -0.3 is 0 Å². The molecule has 3 heteroatoms. The van der Waals surface area contributed by atoms with Crippen molar-refractivity contribution in [3.63, 3.8) is 0 Å². The zero-order valence-electron chi connectivity index (χ0n) is 4.39. The molecule has 0 saturated heterocycles. The Morgan fingerprint density at radius 2 is 1.43 bits per heavy atom. The van der Waals surface area contributed by atoms with E-state index in [1.807, 2.05) is 11.4 Å². The minimum absolute atomic E-state index is 1.72. The summed E-state index contributed by atoms with van der Waals surface area (Å²) in [5.41, 5.74) is 3.94. The Balaban J connectivity index is 4.00. The largest absolute Gasteiger partial charge is 0.280 e. The van der Waals surface area contributed by atoms with Crippen LogP contribution in [0, 0.1) is 21.9 Å². The van der Waals surface area contributed by atoms with Gasteiger partial charge in [0.1, 0.15) is 0 Å². The highest BCUT2D eigenvalue weighted by Crippen LogP contribution is 1.93. The molecule has 0 unspecified atom stereocenters. The van der Waals surface area contributed by atoms with Crippen LogP contribution in [0.3, 0.4) is 0 Å². The second kappa shape index (κ2) is 1.77. The standard InChI is InChI=1S/C4H6N2Si/c1-7(2,3-5)4-6/h1-2H3. The second-order valence-corrected chi connectivity index (χ2v) is 5.55. The molecule has 36 valence electrons. The molecular weight excluding hydrogens is 104 g/mol. The summed E-state index contributed by atoms with van der Waals surface area (Å²) < 4.78 is 0. The number of hydrogen-bond acceptors (Lipinski definition) is 2. The summed E-state index contributed by atoms with van der Waals surface area (Å²) in [5.74, 6) is 0. The lowest BCUT2D eigenvalue weighted by atomic mass is 11.7. The molecule has 0 aromatic heterocycles. The van der Waals surface area contributed by atoms with E-state index in [1.165, 1.54) is 0 Å². The van der Waals surface area contributed by atoms with Gasteiger partial charge in [-0.3, -0.25) is 0 Å². The first-order valence-corrected chi connectivity index (χ1v) is 4.95. The van der Waals surface area contributed by atoms with Gasteiger partial charge in [-0.15, -0.1) is 0 Å². The van der Waals surface area contributed by atoms with Crippen LogP contribution in [0.5, 0.6) is 0 Å². The fourth-order valence-electron chi connectivity index (χ4n) is 0.0250. The molecule has 0 amide bonds. The number of hydrogen-bond donors (Lipinski definition) is 0. The molecule has 0 fully saturated rings. The Bertz CT molecular complexity index is 121. The van der Waals surface area contributed by atoms with Crippen LogP contribution in [0.2, 0.25) is 13.1 Å². The van der Waals surface area contributed by atoms with E-state index < -0.39 is 8.07 Å². The average Bonchev–Trinajstić information content (AvgIpc) is 1.68. The zero-order chi connectivity index (χ0) is 5.91. The van der Waals surface area contributed by atoms with Crippen LogP contribution in [0.4, 0.5) is 0 Å². The highest BCUT2D eigenvalue weighted by molar-refractivity contribution is 6.91. The summed E-state index contributed by atoms with van der Waals surface area (Å²) in [6.45, 7) is 3.43. The van der Waals surface area contributed by atoms with Gasteiger partial charge >= 0.3 is 0 Å². The van der Waals surface area contributed by atoms with Crippen molar-refractivity contribution in [1.82, 2.24) is 0 Å². The van der Waals surface area contributed by atoms with Crippen LogP contribution in [0.25, 0.3) is 0 Å². The number of rotatable bonds is 0. The maximum absolute atomic E-state index is 8.18. The summed E-state index contributed by atoms with van der Waals surface area (Å²) in [6.07, 6.45) is 0. The normalized spacial score (nSPS) is 9.14. The smallest absolute Gasteiger partial charge is 0.205 e. The first-order chi connectivity index (χ1) is 3.12. The van der Waals surface area contributed by atoms with Crippen molar-refractivity contribution in [3.05, 3.63) is 0 Å². The first kappa shape index (κ1) is 6.20. The van der Waals surface area contributed by atoms with E-state index in [0.717, 1.165) is 0 Å². The van der Waals surface area contributed by atoms with Gasteiger partial charge in [0, 0.05) is 11.4 Å². The molecule has 0 radical (unpaired) electrons. The molecule has 0 bridgehead atoms. The third-order valence-corrected chi connectivity index (χ3v) is 1.68. The molecule has 0 aliphatic heterocycles. The average molecular weight is 110 g/mol. The third kappa shape index (κ3) is 1.97. The van der Waals surface area contributed by atoms with Gasteiger partial charge in [0.2, 0.25) is 0 Å². The Morgan fingerprint density at radius 3 is 1.43 bits per heavy atom. The van der Waals surface area contributed by atoms with Gasteiger partial charge in [-0.1, -0.05) is 0 Å². The number of nitriles is 2. The predicted octanol–water partition coefficient (Wildman–Crippen LogP) is 0.820.